The predicted molar refractivity (Wildman–Crippen MR) is 100 cm³/mol. The van der Waals surface area contributed by atoms with E-state index < -0.39 is 0 Å². The standard InChI is InChI=1S/C23H22O/c1-15(2)13-18-14-17-9-6-12-21(22(17)23(18)24)20-11-5-8-16-7-3-4-10-19(16)20/h3-12,15,18H,13-14H2,1-2H3. The fourth-order valence-electron chi connectivity index (χ4n) is 4.07. The maximum absolute atomic E-state index is 13.1. The van der Waals surface area contributed by atoms with E-state index >= 15 is 0 Å². The largest absolute Gasteiger partial charge is 0.294 e. The normalized spacial score (nSPS) is 16.8. The second kappa shape index (κ2) is 5.90. The first-order chi connectivity index (χ1) is 11.6. The lowest BCUT2D eigenvalue weighted by atomic mass is 9.91. The maximum atomic E-state index is 13.1. The van der Waals surface area contributed by atoms with Crippen molar-refractivity contribution < 1.29 is 4.79 Å². The smallest absolute Gasteiger partial charge is 0.167 e. The third kappa shape index (κ3) is 2.45. The van der Waals surface area contributed by atoms with Gasteiger partial charge in [-0.1, -0.05) is 74.5 Å². The van der Waals surface area contributed by atoms with Gasteiger partial charge in [0.25, 0.3) is 0 Å². The van der Waals surface area contributed by atoms with Crippen LogP contribution >= 0.6 is 0 Å². The zero-order valence-electron chi connectivity index (χ0n) is 14.3. The molecule has 1 unspecified atom stereocenters. The SMILES string of the molecule is CC(C)CC1Cc2cccc(-c3cccc4ccccc34)c2C1=O. The number of rotatable bonds is 3. The van der Waals surface area contributed by atoms with Gasteiger partial charge in [0, 0.05) is 11.5 Å². The van der Waals surface area contributed by atoms with Crippen LogP contribution in [0.25, 0.3) is 21.9 Å². The minimum atomic E-state index is 0.149. The highest BCUT2D eigenvalue weighted by Gasteiger charge is 2.33. The molecule has 0 saturated heterocycles. The molecule has 0 bridgehead atoms. The van der Waals surface area contributed by atoms with Crippen LogP contribution in [-0.2, 0) is 6.42 Å². The Bertz CT molecular complexity index is 915. The molecule has 0 aliphatic heterocycles. The molecule has 0 radical (unpaired) electrons. The lowest BCUT2D eigenvalue weighted by Gasteiger charge is -2.12. The molecule has 24 heavy (non-hydrogen) atoms. The molecule has 1 atom stereocenters. The average molecular weight is 314 g/mol. The van der Waals surface area contributed by atoms with E-state index in [0.717, 1.165) is 24.0 Å². The number of fused-ring (bicyclic) bond motifs is 2. The van der Waals surface area contributed by atoms with E-state index in [1.807, 2.05) is 0 Å². The molecule has 4 rings (SSSR count). The highest BCUT2D eigenvalue weighted by molar-refractivity contribution is 6.10. The van der Waals surface area contributed by atoms with Crippen LogP contribution in [0, 0.1) is 11.8 Å². The van der Waals surface area contributed by atoms with Gasteiger partial charge in [-0.3, -0.25) is 4.79 Å². The van der Waals surface area contributed by atoms with E-state index in [2.05, 4.69) is 74.5 Å². The average Bonchev–Trinajstić information content (AvgIpc) is 2.90. The lowest BCUT2D eigenvalue weighted by Crippen LogP contribution is -2.12. The third-order valence-electron chi connectivity index (χ3n) is 5.07. The van der Waals surface area contributed by atoms with Gasteiger partial charge in [-0.05, 0) is 46.2 Å². The Labute approximate surface area is 143 Å². The van der Waals surface area contributed by atoms with Gasteiger partial charge in [0.2, 0.25) is 0 Å². The van der Waals surface area contributed by atoms with Gasteiger partial charge in [0.05, 0.1) is 0 Å². The molecule has 1 aliphatic carbocycles. The molecule has 120 valence electrons. The van der Waals surface area contributed by atoms with Crippen LogP contribution < -0.4 is 0 Å². The summed E-state index contributed by atoms with van der Waals surface area (Å²) in [4.78, 5) is 13.1. The van der Waals surface area contributed by atoms with Crippen molar-refractivity contribution in [3.8, 4) is 11.1 Å². The first kappa shape index (κ1) is 15.1. The summed E-state index contributed by atoms with van der Waals surface area (Å²) in [6.45, 7) is 4.39. The second-order valence-electron chi connectivity index (χ2n) is 7.26. The fourth-order valence-corrected chi connectivity index (χ4v) is 4.07. The summed E-state index contributed by atoms with van der Waals surface area (Å²) in [6.07, 6.45) is 1.87. The molecule has 3 aromatic rings. The molecule has 1 aliphatic rings. The zero-order valence-corrected chi connectivity index (χ0v) is 14.3. The molecular formula is C23H22O. The minimum absolute atomic E-state index is 0.149. The van der Waals surface area contributed by atoms with E-state index in [4.69, 9.17) is 0 Å². The van der Waals surface area contributed by atoms with Crippen molar-refractivity contribution in [2.45, 2.75) is 26.7 Å². The van der Waals surface area contributed by atoms with Gasteiger partial charge in [0.15, 0.2) is 5.78 Å². The number of Topliss-reactive ketones (excluding diaryl/α,β-unsaturated/α-hetero) is 1. The maximum Gasteiger partial charge on any atom is 0.167 e. The van der Waals surface area contributed by atoms with Crippen molar-refractivity contribution in [2.24, 2.45) is 11.8 Å². The van der Waals surface area contributed by atoms with Crippen molar-refractivity contribution >= 4 is 16.6 Å². The first-order valence-corrected chi connectivity index (χ1v) is 8.79. The predicted octanol–water partition coefficient (Wildman–Crippen LogP) is 5.91. The number of benzene rings is 3. The van der Waals surface area contributed by atoms with E-state index in [9.17, 15) is 4.79 Å². The summed E-state index contributed by atoms with van der Waals surface area (Å²) in [5, 5.41) is 2.44. The molecule has 0 saturated carbocycles. The molecule has 0 aromatic heterocycles. The van der Waals surface area contributed by atoms with Gasteiger partial charge >= 0.3 is 0 Å². The van der Waals surface area contributed by atoms with Gasteiger partial charge in [-0.2, -0.15) is 0 Å². The molecule has 0 amide bonds. The third-order valence-corrected chi connectivity index (χ3v) is 5.07. The Morgan fingerprint density at radius 3 is 2.46 bits per heavy atom. The Kier molecular flexibility index (Phi) is 3.72. The molecule has 0 heterocycles. The summed E-state index contributed by atoms with van der Waals surface area (Å²) >= 11 is 0. The number of hydrogen-bond donors (Lipinski definition) is 0. The molecule has 0 fully saturated rings. The monoisotopic (exact) mass is 314 g/mol. The van der Waals surface area contributed by atoms with Gasteiger partial charge in [-0.25, -0.2) is 0 Å². The van der Waals surface area contributed by atoms with E-state index in [-0.39, 0.29) is 5.92 Å². The second-order valence-corrected chi connectivity index (χ2v) is 7.26. The molecular weight excluding hydrogens is 292 g/mol. The topological polar surface area (TPSA) is 17.1 Å². The number of carbonyl (C=O) groups excluding carboxylic acids is 1. The molecule has 1 heteroatoms. The fraction of sp³-hybridized carbons (Fsp3) is 0.261. The summed E-state index contributed by atoms with van der Waals surface area (Å²) in [5.74, 6) is 1.03. The van der Waals surface area contributed by atoms with Crippen molar-refractivity contribution in [3.63, 3.8) is 0 Å². The Balaban J connectivity index is 1.88. The van der Waals surface area contributed by atoms with Crippen molar-refractivity contribution in [1.29, 1.82) is 0 Å². The van der Waals surface area contributed by atoms with Gasteiger partial charge in [0.1, 0.15) is 0 Å². The Morgan fingerprint density at radius 2 is 1.62 bits per heavy atom. The molecule has 0 N–H and O–H groups in total. The summed E-state index contributed by atoms with van der Waals surface area (Å²) in [6, 6.07) is 21.1. The van der Waals surface area contributed by atoms with Crippen LogP contribution in [0.15, 0.2) is 60.7 Å². The van der Waals surface area contributed by atoms with Crippen LogP contribution in [0.5, 0.6) is 0 Å². The van der Waals surface area contributed by atoms with E-state index in [1.54, 1.807) is 0 Å². The summed E-state index contributed by atoms with van der Waals surface area (Å²) in [5.41, 5.74) is 4.44. The first-order valence-electron chi connectivity index (χ1n) is 8.79. The Morgan fingerprint density at radius 1 is 0.917 bits per heavy atom. The van der Waals surface area contributed by atoms with Crippen molar-refractivity contribution in [1.82, 2.24) is 0 Å². The van der Waals surface area contributed by atoms with Gasteiger partial charge in [-0.15, -0.1) is 0 Å². The van der Waals surface area contributed by atoms with Crippen LogP contribution in [0.1, 0.15) is 36.2 Å². The Hall–Kier alpha value is -2.41. The highest BCUT2D eigenvalue weighted by Crippen LogP contribution is 2.39. The molecule has 3 aromatic carbocycles. The minimum Gasteiger partial charge on any atom is -0.294 e. The number of hydrogen-bond acceptors (Lipinski definition) is 1. The van der Waals surface area contributed by atoms with E-state index in [0.29, 0.717) is 11.7 Å². The highest BCUT2D eigenvalue weighted by atomic mass is 16.1. The lowest BCUT2D eigenvalue weighted by molar-refractivity contribution is 0.0922. The number of carbonyl (C=O) groups is 1. The van der Waals surface area contributed by atoms with Crippen LogP contribution in [0.3, 0.4) is 0 Å². The molecule has 1 nitrogen and oxygen atoms in total. The van der Waals surface area contributed by atoms with E-state index in [1.165, 1.54) is 21.9 Å². The summed E-state index contributed by atoms with van der Waals surface area (Å²) in [7, 11) is 0. The quantitative estimate of drug-likeness (QED) is 0.587. The number of ketones is 1. The van der Waals surface area contributed by atoms with Crippen LogP contribution in [0.4, 0.5) is 0 Å². The van der Waals surface area contributed by atoms with Crippen LogP contribution in [-0.4, -0.2) is 5.78 Å². The van der Waals surface area contributed by atoms with Crippen molar-refractivity contribution in [2.75, 3.05) is 0 Å². The van der Waals surface area contributed by atoms with Gasteiger partial charge < -0.3 is 0 Å². The zero-order chi connectivity index (χ0) is 16.7. The van der Waals surface area contributed by atoms with Crippen molar-refractivity contribution in [3.05, 3.63) is 71.8 Å². The summed E-state index contributed by atoms with van der Waals surface area (Å²) < 4.78 is 0. The van der Waals surface area contributed by atoms with Crippen LogP contribution in [0.2, 0.25) is 0 Å². The molecule has 0 spiro atoms.